The van der Waals surface area contributed by atoms with Gasteiger partial charge in [-0.15, -0.1) is 5.10 Å². The van der Waals surface area contributed by atoms with Gasteiger partial charge in [0.05, 0.1) is 11.2 Å². The van der Waals surface area contributed by atoms with Crippen molar-refractivity contribution in [2.45, 2.75) is 38.9 Å². The summed E-state index contributed by atoms with van der Waals surface area (Å²) in [4.78, 5) is 4.14. The van der Waals surface area contributed by atoms with Crippen molar-refractivity contribution in [3.8, 4) is 0 Å². The number of nitrogens with two attached hydrogens (primary N) is 1. The summed E-state index contributed by atoms with van der Waals surface area (Å²) in [6.07, 6.45) is 1.80. The highest BCUT2D eigenvalue weighted by molar-refractivity contribution is 6.62. The van der Waals surface area contributed by atoms with E-state index in [2.05, 4.69) is 10.1 Å². The molecule has 1 fully saturated rings. The number of rotatable bonds is 1. The highest BCUT2D eigenvalue weighted by Crippen LogP contribution is 2.36. The summed E-state index contributed by atoms with van der Waals surface area (Å²) in [6.45, 7) is 8.11. The lowest BCUT2D eigenvalue weighted by atomic mass is 9.80. The Kier molecular flexibility index (Phi) is 2.43. The molecule has 1 aliphatic rings. The number of hydrogen-bond donors (Lipinski definition) is 1. The number of anilines is 1. The van der Waals surface area contributed by atoms with Gasteiger partial charge in [0.15, 0.2) is 5.65 Å². The Morgan fingerprint density at radius 1 is 1.21 bits per heavy atom. The topological polar surface area (TPSA) is 74.7 Å². The molecule has 19 heavy (non-hydrogen) atoms. The standard InChI is InChI=1S/C12H17BN4O2/c1-11(2)12(3,4)19-13(18-11)8-5-6-17-9(7-8)15-10(14)16-17/h5-7H,1-4H3,(H2,14,16). The number of nitrogens with zero attached hydrogens (tertiary/aromatic N) is 3. The van der Waals surface area contributed by atoms with E-state index in [0.29, 0.717) is 5.65 Å². The first-order chi connectivity index (χ1) is 8.78. The maximum Gasteiger partial charge on any atom is 0.495 e. The molecule has 0 unspecified atom stereocenters. The Hall–Kier alpha value is -1.60. The van der Waals surface area contributed by atoms with Crippen LogP contribution in [0.1, 0.15) is 27.7 Å². The molecule has 0 aliphatic carbocycles. The fourth-order valence-corrected chi connectivity index (χ4v) is 2.04. The summed E-state index contributed by atoms with van der Waals surface area (Å²) < 4.78 is 13.6. The van der Waals surface area contributed by atoms with Gasteiger partial charge < -0.3 is 15.0 Å². The van der Waals surface area contributed by atoms with E-state index in [1.165, 1.54) is 0 Å². The zero-order valence-corrected chi connectivity index (χ0v) is 11.5. The lowest BCUT2D eigenvalue weighted by Gasteiger charge is -2.32. The molecule has 6 nitrogen and oxygen atoms in total. The summed E-state index contributed by atoms with van der Waals surface area (Å²) in [5.74, 6) is 0.256. The van der Waals surface area contributed by atoms with Gasteiger partial charge in [-0.05, 0) is 45.3 Å². The first-order valence-electron chi connectivity index (χ1n) is 6.26. The largest absolute Gasteiger partial charge is 0.495 e. The molecular weight excluding hydrogens is 243 g/mol. The number of fused-ring (bicyclic) bond motifs is 1. The average Bonchev–Trinajstić information content (AvgIpc) is 2.74. The number of pyridine rings is 1. The molecular formula is C12H17BN4O2. The van der Waals surface area contributed by atoms with E-state index in [0.717, 1.165) is 5.46 Å². The Morgan fingerprint density at radius 2 is 1.84 bits per heavy atom. The molecule has 7 heteroatoms. The van der Waals surface area contributed by atoms with Gasteiger partial charge in [0.25, 0.3) is 0 Å². The van der Waals surface area contributed by atoms with Crippen molar-refractivity contribution in [3.05, 3.63) is 18.3 Å². The van der Waals surface area contributed by atoms with Gasteiger partial charge in [0.2, 0.25) is 5.95 Å². The highest BCUT2D eigenvalue weighted by atomic mass is 16.7. The third-order valence-electron chi connectivity index (χ3n) is 3.90. The molecule has 1 aliphatic heterocycles. The van der Waals surface area contributed by atoms with Crippen molar-refractivity contribution in [3.63, 3.8) is 0 Å². The Morgan fingerprint density at radius 3 is 2.47 bits per heavy atom. The van der Waals surface area contributed by atoms with E-state index in [1.54, 1.807) is 10.7 Å². The van der Waals surface area contributed by atoms with Gasteiger partial charge in [0.1, 0.15) is 0 Å². The van der Waals surface area contributed by atoms with E-state index in [1.807, 2.05) is 39.8 Å². The second kappa shape index (κ2) is 3.71. The molecule has 0 spiro atoms. The second-order valence-electron chi connectivity index (χ2n) is 5.82. The average molecular weight is 260 g/mol. The smallest absolute Gasteiger partial charge is 0.399 e. The van der Waals surface area contributed by atoms with Crippen LogP contribution >= 0.6 is 0 Å². The SMILES string of the molecule is CC1(C)OB(c2ccn3nc(N)nc3c2)OC1(C)C. The van der Waals surface area contributed by atoms with Gasteiger partial charge in [0, 0.05) is 6.20 Å². The van der Waals surface area contributed by atoms with Crippen LogP contribution in [0.2, 0.25) is 0 Å². The van der Waals surface area contributed by atoms with Crippen LogP contribution in [0, 0.1) is 0 Å². The molecule has 2 aromatic heterocycles. The van der Waals surface area contributed by atoms with Crippen LogP contribution in [0.5, 0.6) is 0 Å². The molecule has 0 amide bonds. The van der Waals surface area contributed by atoms with E-state index in [-0.39, 0.29) is 17.2 Å². The monoisotopic (exact) mass is 260 g/mol. The van der Waals surface area contributed by atoms with Crippen molar-refractivity contribution >= 4 is 24.2 Å². The molecule has 0 aromatic carbocycles. The lowest BCUT2D eigenvalue weighted by Crippen LogP contribution is -2.41. The zero-order valence-electron chi connectivity index (χ0n) is 11.5. The molecule has 2 N–H and O–H groups in total. The first kappa shape index (κ1) is 12.4. The summed E-state index contributed by atoms with van der Waals surface area (Å²) in [5.41, 5.74) is 6.47. The van der Waals surface area contributed by atoms with Gasteiger partial charge in [-0.25, -0.2) is 4.52 Å². The number of hydrogen-bond acceptors (Lipinski definition) is 5. The van der Waals surface area contributed by atoms with Gasteiger partial charge in [-0.1, -0.05) is 0 Å². The Balaban J connectivity index is 1.97. The quantitative estimate of drug-likeness (QED) is 0.760. The lowest BCUT2D eigenvalue weighted by molar-refractivity contribution is 0.00578. The van der Waals surface area contributed by atoms with Crippen LogP contribution in [0.4, 0.5) is 5.95 Å². The zero-order chi connectivity index (χ0) is 13.8. The normalized spacial score (nSPS) is 21.2. The van der Waals surface area contributed by atoms with Crippen molar-refractivity contribution in [2.24, 2.45) is 0 Å². The van der Waals surface area contributed by atoms with Crippen LogP contribution in [-0.4, -0.2) is 32.9 Å². The maximum absolute atomic E-state index is 5.99. The number of aromatic nitrogens is 3. The molecule has 0 bridgehead atoms. The van der Waals surface area contributed by atoms with Crippen LogP contribution < -0.4 is 11.2 Å². The third-order valence-corrected chi connectivity index (χ3v) is 3.90. The van der Waals surface area contributed by atoms with Crippen LogP contribution in [0.15, 0.2) is 18.3 Å². The molecule has 1 saturated heterocycles. The molecule has 100 valence electrons. The summed E-state index contributed by atoms with van der Waals surface area (Å²) in [6, 6.07) is 3.79. The summed E-state index contributed by atoms with van der Waals surface area (Å²) in [5, 5.41) is 4.04. The fraction of sp³-hybridized carbons (Fsp3) is 0.500. The van der Waals surface area contributed by atoms with Gasteiger partial charge in [-0.2, -0.15) is 4.98 Å². The maximum atomic E-state index is 5.99. The summed E-state index contributed by atoms with van der Waals surface area (Å²) >= 11 is 0. The van der Waals surface area contributed by atoms with Crippen LogP contribution in [-0.2, 0) is 9.31 Å². The first-order valence-corrected chi connectivity index (χ1v) is 6.26. The molecule has 3 rings (SSSR count). The predicted molar refractivity (Wildman–Crippen MR) is 73.1 cm³/mol. The minimum atomic E-state index is -0.395. The van der Waals surface area contributed by atoms with Crippen LogP contribution in [0.3, 0.4) is 0 Å². The molecule has 2 aromatic rings. The van der Waals surface area contributed by atoms with E-state index in [9.17, 15) is 0 Å². The van der Waals surface area contributed by atoms with Crippen molar-refractivity contribution in [2.75, 3.05) is 5.73 Å². The Labute approximate surface area is 112 Å². The molecule has 0 radical (unpaired) electrons. The van der Waals surface area contributed by atoms with E-state index < -0.39 is 7.12 Å². The van der Waals surface area contributed by atoms with Crippen molar-refractivity contribution in [1.29, 1.82) is 0 Å². The fourth-order valence-electron chi connectivity index (χ4n) is 2.04. The van der Waals surface area contributed by atoms with E-state index in [4.69, 9.17) is 15.0 Å². The minimum absolute atomic E-state index is 0.256. The van der Waals surface area contributed by atoms with Crippen molar-refractivity contribution in [1.82, 2.24) is 14.6 Å². The summed E-state index contributed by atoms with van der Waals surface area (Å²) in [7, 11) is -0.395. The molecule has 0 atom stereocenters. The van der Waals surface area contributed by atoms with Gasteiger partial charge >= 0.3 is 7.12 Å². The highest BCUT2D eigenvalue weighted by Gasteiger charge is 2.51. The second-order valence-corrected chi connectivity index (χ2v) is 5.82. The predicted octanol–water partition coefficient (Wildman–Crippen LogP) is 0.611. The van der Waals surface area contributed by atoms with Crippen molar-refractivity contribution < 1.29 is 9.31 Å². The third kappa shape index (κ3) is 1.89. The minimum Gasteiger partial charge on any atom is -0.399 e. The van der Waals surface area contributed by atoms with E-state index >= 15 is 0 Å². The van der Waals surface area contributed by atoms with Gasteiger partial charge in [-0.3, -0.25) is 0 Å². The Bertz CT molecular complexity index is 622. The molecule has 3 heterocycles. The molecule has 0 saturated carbocycles. The number of nitrogen functional groups attached to an aromatic ring is 1. The van der Waals surface area contributed by atoms with Crippen LogP contribution in [0.25, 0.3) is 5.65 Å².